The lowest BCUT2D eigenvalue weighted by Crippen LogP contribution is -2.21. The van der Waals surface area contributed by atoms with Crippen molar-refractivity contribution in [2.45, 2.75) is 12.3 Å². The van der Waals surface area contributed by atoms with E-state index in [9.17, 15) is 15.3 Å². The molecule has 1 aliphatic carbocycles. The second kappa shape index (κ2) is 13.1. The van der Waals surface area contributed by atoms with Crippen molar-refractivity contribution in [3.05, 3.63) is 169 Å². The topological polar surface area (TPSA) is 73.8 Å². The van der Waals surface area contributed by atoms with Crippen LogP contribution < -0.4 is 10.9 Å². The molecule has 1 atom stereocenters. The fourth-order valence-electron chi connectivity index (χ4n) is 8.73. The molecule has 6 heteroatoms. The van der Waals surface area contributed by atoms with Crippen molar-refractivity contribution in [1.29, 1.82) is 0 Å². The fourth-order valence-corrected chi connectivity index (χ4v) is 8.73. The minimum Gasteiger partial charge on any atom is -0.505 e. The number of hydrogen-bond donors (Lipinski definition) is 3. The molecule has 1 aliphatic rings. The van der Waals surface area contributed by atoms with Gasteiger partial charge in [-0.25, -0.2) is 0 Å². The Labute approximate surface area is 326 Å². The molecule has 3 N–H and O–H groups in total. The molecule has 0 saturated carbocycles. The molecule has 8 aromatic carbocycles. The molecule has 0 fully saturated rings. The minimum absolute atomic E-state index is 0.117. The van der Waals surface area contributed by atoms with Crippen molar-refractivity contribution in [3.8, 4) is 50.6 Å². The number of hydrogen-bond acceptors (Lipinski definition) is 4. The monoisotopic (exact) mass is 718 g/mol. The first-order valence-electron chi connectivity index (χ1n) is 18.6. The standard InChI is InChI=1S/C50H32B2O4/c51-46-45(47(52)49(54)50(55)48(46)53)44-36-20-8-6-18-34(36)42(35-19-7-9-21-37(35)44)39-22-11-23-40-43(39)38-25-24-30(27-41(38)56-40)29-14-10-15-31(26-29)33-17-5-4-16-32(33)28-12-2-1-3-13-28/h1-16,18-27,33,53-55H,17H2. The SMILES string of the molecule is [B]c1c(O)c(O)c(O)c([B])c1-c1c2ccccc2c(-c2cccc3oc4cc(-c5cccc(C6CC=CC=C6c6ccccc6)c5)ccc4c23)c2ccccc12. The third kappa shape index (κ3) is 5.17. The lowest BCUT2D eigenvalue weighted by Gasteiger charge is -2.23. The Hall–Kier alpha value is -6.91. The number of furan rings is 1. The third-order valence-corrected chi connectivity index (χ3v) is 11.3. The van der Waals surface area contributed by atoms with Crippen LogP contribution in [0.4, 0.5) is 0 Å². The predicted octanol–water partition coefficient (Wildman–Crippen LogP) is 10.7. The highest BCUT2D eigenvalue weighted by molar-refractivity contribution is 6.48. The molecule has 10 rings (SSSR count). The van der Waals surface area contributed by atoms with Crippen LogP contribution in [0.25, 0.3) is 82.4 Å². The molecular weight excluding hydrogens is 686 g/mol. The molecule has 1 aromatic heterocycles. The Morgan fingerprint density at radius 1 is 0.500 bits per heavy atom. The highest BCUT2D eigenvalue weighted by atomic mass is 16.3. The van der Waals surface area contributed by atoms with Gasteiger partial charge in [0.15, 0.2) is 17.2 Å². The average molecular weight is 718 g/mol. The van der Waals surface area contributed by atoms with E-state index in [0.717, 1.165) is 72.2 Å². The zero-order chi connectivity index (χ0) is 38.1. The second-order valence-corrected chi connectivity index (χ2v) is 14.4. The van der Waals surface area contributed by atoms with E-state index in [1.807, 2.05) is 48.5 Å². The molecule has 262 valence electrons. The Morgan fingerprint density at radius 3 is 1.80 bits per heavy atom. The van der Waals surface area contributed by atoms with Gasteiger partial charge in [-0.1, -0.05) is 140 Å². The Morgan fingerprint density at radius 2 is 1.11 bits per heavy atom. The second-order valence-electron chi connectivity index (χ2n) is 14.4. The molecule has 0 spiro atoms. The normalized spacial score (nSPS) is 14.2. The van der Waals surface area contributed by atoms with Crippen molar-refractivity contribution in [2.75, 3.05) is 0 Å². The van der Waals surface area contributed by atoms with Crippen LogP contribution in [0.5, 0.6) is 17.2 Å². The van der Waals surface area contributed by atoms with Gasteiger partial charge in [-0.3, -0.25) is 0 Å². The summed E-state index contributed by atoms with van der Waals surface area (Å²) < 4.78 is 6.65. The van der Waals surface area contributed by atoms with Crippen molar-refractivity contribution >= 4 is 75.7 Å². The van der Waals surface area contributed by atoms with Gasteiger partial charge in [-0.15, -0.1) is 0 Å². The summed E-state index contributed by atoms with van der Waals surface area (Å²) in [7, 11) is 12.9. The number of rotatable bonds is 5. The van der Waals surface area contributed by atoms with Crippen molar-refractivity contribution in [1.82, 2.24) is 0 Å². The van der Waals surface area contributed by atoms with Gasteiger partial charge in [0.05, 0.1) is 0 Å². The molecule has 1 unspecified atom stereocenters. The summed E-state index contributed by atoms with van der Waals surface area (Å²) in [5, 5.41) is 37.3. The lowest BCUT2D eigenvalue weighted by atomic mass is 9.73. The maximum Gasteiger partial charge on any atom is 0.199 e. The largest absolute Gasteiger partial charge is 0.505 e. The van der Waals surface area contributed by atoms with Crippen molar-refractivity contribution in [2.24, 2.45) is 0 Å². The molecule has 1 heterocycles. The maximum atomic E-state index is 10.7. The third-order valence-electron chi connectivity index (χ3n) is 11.3. The van der Waals surface area contributed by atoms with Gasteiger partial charge >= 0.3 is 0 Å². The first-order valence-corrected chi connectivity index (χ1v) is 18.6. The molecule has 0 amide bonds. The van der Waals surface area contributed by atoms with E-state index in [-0.39, 0.29) is 22.4 Å². The van der Waals surface area contributed by atoms with Gasteiger partial charge in [0.2, 0.25) is 0 Å². The van der Waals surface area contributed by atoms with Crippen LogP contribution in [-0.4, -0.2) is 31.0 Å². The minimum atomic E-state index is -0.751. The van der Waals surface area contributed by atoms with E-state index < -0.39 is 17.2 Å². The molecule has 0 bridgehead atoms. The summed E-state index contributed by atoms with van der Waals surface area (Å²) in [6, 6.07) is 48.0. The van der Waals surface area contributed by atoms with E-state index >= 15 is 0 Å². The lowest BCUT2D eigenvalue weighted by molar-refractivity contribution is 0.372. The van der Waals surface area contributed by atoms with E-state index in [4.69, 9.17) is 20.1 Å². The smallest absolute Gasteiger partial charge is 0.199 e. The van der Waals surface area contributed by atoms with E-state index in [0.29, 0.717) is 5.56 Å². The number of phenolic OH excluding ortho intramolecular Hbond substituents is 3. The molecule has 4 radical (unpaired) electrons. The van der Waals surface area contributed by atoms with Crippen molar-refractivity contribution in [3.63, 3.8) is 0 Å². The zero-order valence-electron chi connectivity index (χ0n) is 30.2. The van der Waals surface area contributed by atoms with E-state index in [1.54, 1.807) is 0 Å². The van der Waals surface area contributed by atoms with Gasteiger partial charge < -0.3 is 19.7 Å². The van der Waals surface area contributed by atoms with Crippen LogP contribution in [0.2, 0.25) is 0 Å². The maximum absolute atomic E-state index is 10.7. The summed E-state index contributed by atoms with van der Waals surface area (Å²) in [5.41, 5.74) is 10.3. The summed E-state index contributed by atoms with van der Waals surface area (Å²) in [5.74, 6) is -1.73. The average Bonchev–Trinajstić information content (AvgIpc) is 3.64. The number of fused-ring (bicyclic) bond motifs is 5. The quantitative estimate of drug-likeness (QED) is 0.0941. The van der Waals surface area contributed by atoms with Crippen LogP contribution >= 0.6 is 0 Å². The number of phenols is 3. The summed E-state index contributed by atoms with van der Waals surface area (Å²) in [4.78, 5) is 0. The van der Waals surface area contributed by atoms with Gasteiger partial charge in [0.25, 0.3) is 0 Å². The Bertz CT molecular complexity index is 3030. The predicted molar refractivity (Wildman–Crippen MR) is 232 cm³/mol. The van der Waals surface area contributed by atoms with Crippen LogP contribution in [-0.2, 0) is 0 Å². The van der Waals surface area contributed by atoms with Gasteiger partial charge in [0.1, 0.15) is 26.9 Å². The first-order chi connectivity index (χ1) is 27.4. The van der Waals surface area contributed by atoms with Crippen LogP contribution in [0.3, 0.4) is 0 Å². The highest BCUT2D eigenvalue weighted by Gasteiger charge is 2.25. The highest BCUT2D eigenvalue weighted by Crippen LogP contribution is 2.48. The fraction of sp³-hybridized carbons (Fsp3) is 0.0400. The summed E-state index contributed by atoms with van der Waals surface area (Å²) in [6.45, 7) is 0. The molecule has 0 aliphatic heterocycles. The summed E-state index contributed by atoms with van der Waals surface area (Å²) >= 11 is 0. The van der Waals surface area contributed by atoms with Crippen LogP contribution in [0, 0.1) is 0 Å². The Kier molecular flexibility index (Phi) is 7.89. The Balaban J connectivity index is 1.14. The number of aromatic hydroxyl groups is 3. The van der Waals surface area contributed by atoms with Gasteiger partial charge in [-0.2, -0.15) is 0 Å². The molecular formula is C50H32B2O4. The number of benzene rings is 8. The van der Waals surface area contributed by atoms with Crippen LogP contribution in [0.15, 0.2) is 162 Å². The molecule has 4 nitrogen and oxygen atoms in total. The van der Waals surface area contributed by atoms with E-state index in [2.05, 4.69) is 109 Å². The zero-order valence-corrected chi connectivity index (χ0v) is 30.2. The van der Waals surface area contributed by atoms with Crippen LogP contribution in [0.1, 0.15) is 23.5 Å². The molecule has 56 heavy (non-hydrogen) atoms. The van der Waals surface area contributed by atoms with Gasteiger partial charge in [0, 0.05) is 16.7 Å². The molecule has 0 saturated heterocycles. The van der Waals surface area contributed by atoms with E-state index in [1.165, 1.54) is 16.7 Å². The first kappa shape index (κ1) is 33.6. The molecule has 9 aromatic rings. The van der Waals surface area contributed by atoms with Gasteiger partial charge in [-0.05, 0) is 107 Å². The number of allylic oxidation sites excluding steroid dienone is 4. The summed E-state index contributed by atoms with van der Waals surface area (Å²) in [6.07, 6.45) is 7.59. The van der Waals surface area contributed by atoms with Crippen molar-refractivity contribution < 1.29 is 19.7 Å².